The molecule has 0 radical (unpaired) electrons. The number of hydrogen-bond acceptors (Lipinski definition) is 4. The number of nitrogens with zero attached hydrogens (tertiary/aromatic N) is 3. The molecule has 0 saturated carbocycles. The van der Waals surface area contributed by atoms with Crippen LogP contribution in [0.15, 0.2) is 54.6 Å². The number of piperazine rings is 1. The molecule has 0 aromatic heterocycles. The molecule has 0 unspecified atom stereocenters. The first-order valence-electron chi connectivity index (χ1n) is 11.3. The Labute approximate surface area is 191 Å². The van der Waals surface area contributed by atoms with Crippen LogP contribution in [0.1, 0.15) is 45.0 Å². The summed E-state index contributed by atoms with van der Waals surface area (Å²) in [4.78, 5) is 31.4. The molecule has 2 aromatic rings. The first kappa shape index (κ1) is 23.6. The molecule has 0 N–H and O–H groups in total. The monoisotopic (exact) mass is 437 g/mol. The van der Waals surface area contributed by atoms with Crippen LogP contribution >= 0.6 is 0 Å². The van der Waals surface area contributed by atoms with Crippen molar-refractivity contribution in [1.29, 1.82) is 0 Å². The molecule has 1 heterocycles. The lowest BCUT2D eigenvalue weighted by atomic mass is 10.1. The molecule has 1 aliphatic rings. The van der Waals surface area contributed by atoms with Crippen molar-refractivity contribution in [2.75, 3.05) is 42.5 Å². The van der Waals surface area contributed by atoms with Crippen molar-refractivity contribution in [2.45, 2.75) is 40.2 Å². The van der Waals surface area contributed by atoms with E-state index in [1.807, 2.05) is 80.3 Å². The Morgan fingerprint density at radius 3 is 2.06 bits per heavy atom. The van der Waals surface area contributed by atoms with Gasteiger partial charge in [0.15, 0.2) is 0 Å². The number of para-hydroxylation sites is 1. The lowest BCUT2D eigenvalue weighted by Crippen LogP contribution is -2.50. The fraction of sp³-hybridized carbons (Fsp3) is 0.462. The fourth-order valence-corrected chi connectivity index (χ4v) is 3.72. The van der Waals surface area contributed by atoms with Crippen LogP contribution in [0.3, 0.4) is 0 Å². The molecule has 1 fully saturated rings. The van der Waals surface area contributed by atoms with Crippen LogP contribution in [-0.2, 0) is 4.74 Å². The first-order valence-corrected chi connectivity index (χ1v) is 11.3. The molecule has 2 aromatic carbocycles. The van der Waals surface area contributed by atoms with Gasteiger partial charge in [-0.2, -0.15) is 0 Å². The summed E-state index contributed by atoms with van der Waals surface area (Å²) in [5, 5.41) is 0. The third-order valence-electron chi connectivity index (χ3n) is 5.27. The van der Waals surface area contributed by atoms with Gasteiger partial charge in [0.25, 0.3) is 5.91 Å². The van der Waals surface area contributed by atoms with Gasteiger partial charge in [-0.3, -0.25) is 4.79 Å². The van der Waals surface area contributed by atoms with E-state index in [0.29, 0.717) is 31.1 Å². The van der Waals surface area contributed by atoms with Crippen molar-refractivity contribution < 1.29 is 14.3 Å². The first-order chi connectivity index (χ1) is 15.1. The smallest absolute Gasteiger partial charge is 0.410 e. The summed E-state index contributed by atoms with van der Waals surface area (Å²) in [6.07, 6.45) is -0.260. The van der Waals surface area contributed by atoms with Crippen LogP contribution in [0, 0.1) is 5.92 Å². The molecule has 0 aliphatic carbocycles. The third kappa shape index (κ3) is 6.25. The van der Waals surface area contributed by atoms with Crippen molar-refractivity contribution in [3.63, 3.8) is 0 Å². The Morgan fingerprint density at radius 1 is 0.938 bits per heavy atom. The maximum atomic E-state index is 13.3. The van der Waals surface area contributed by atoms with Crippen molar-refractivity contribution in [2.24, 2.45) is 5.92 Å². The van der Waals surface area contributed by atoms with E-state index < -0.39 is 5.60 Å². The second-order valence-corrected chi connectivity index (χ2v) is 9.65. The van der Waals surface area contributed by atoms with Crippen molar-refractivity contribution >= 4 is 23.4 Å². The average molecular weight is 438 g/mol. The number of benzene rings is 2. The summed E-state index contributed by atoms with van der Waals surface area (Å²) < 4.78 is 5.47. The normalized spacial score (nSPS) is 14.4. The Hall–Kier alpha value is -3.02. The molecule has 0 spiro atoms. The maximum absolute atomic E-state index is 13.3. The summed E-state index contributed by atoms with van der Waals surface area (Å²) in [6.45, 7) is 13.2. The largest absolute Gasteiger partial charge is 0.444 e. The van der Waals surface area contributed by atoms with E-state index in [1.54, 1.807) is 4.90 Å². The minimum absolute atomic E-state index is 0.00574. The van der Waals surface area contributed by atoms with Crippen molar-refractivity contribution in [3.8, 4) is 0 Å². The highest BCUT2D eigenvalue weighted by molar-refractivity contribution is 6.06. The van der Waals surface area contributed by atoms with Gasteiger partial charge in [0.05, 0.1) is 0 Å². The number of ether oxygens (including phenoxy) is 1. The summed E-state index contributed by atoms with van der Waals surface area (Å²) in [6, 6.07) is 17.6. The highest BCUT2D eigenvalue weighted by Gasteiger charge is 2.26. The van der Waals surface area contributed by atoms with Gasteiger partial charge in [-0.15, -0.1) is 0 Å². The molecule has 1 aliphatic heterocycles. The molecular formula is C26H35N3O3. The van der Waals surface area contributed by atoms with Gasteiger partial charge in [-0.1, -0.05) is 32.0 Å². The van der Waals surface area contributed by atoms with Crippen LogP contribution in [0.2, 0.25) is 0 Å². The second kappa shape index (κ2) is 10.1. The third-order valence-corrected chi connectivity index (χ3v) is 5.27. The summed E-state index contributed by atoms with van der Waals surface area (Å²) in [7, 11) is 0. The number of hydrogen-bond donors (Lipinski definition) is 0. The Balaban J connectivity index is 1.64. The molecule has 1 saturated heterocycles. The summed E-state index contributed by atoms with van der Waals surface area (Å²) in [5.41, 5.74) is 2.15. The van der Waals surface area contributed by atoms with Crippen LogP contribution in [-0.4, -0.2) is 55.2 Å². The zero-order valence-corrected chi connectivity index (χ0v) is 19.9. The van der Waals surface area contributed by atoms with Gasteiger partial charge in [0.1, 0.15) is 5.60 Å². The molecule has 6 heteroatoms. The number of rotatable bonds is 5. The van der Waals surface area contributed by atoms with E-state index in [2.05, 4.69) is 18.7 Å². The highest BCUT2D eigenvalue weighted by atomic mass is 16.6. The standard InChI is InChI=1S/C26H35N3O3/c1-20(2)19-29(23-9-7-6-8-10-23)24(30)21-11-13-22(14-12-21)27-15-17-28(18-16-27)25(31)32-26(3,4)5/h6-14,20H,15-19H2,1-5H3. The predicted molar refractivity (Wildman–Crippen MR) is 129 cm³/mol. The van der Waals surface area contributed by atoms with Crippen LogP contribution in [0.5, 0.6) is 0 Å². The number of carbonyl (C=O) groups is 2. The summed E-state index contributed by atoms with van der Waals surface area (Å²) >= 11 is 0. The van der Waals surface area contributed by atoms with Crippen LogP contribution < -0.4 is 9.80 Å². The highest BCUT2D eigenvalue weighted by Crippen LogP contribution is 2.22. The lowest BCUT2D eigenvalue weighted by molar-refractivity contribution is 0.0240. The minimum atomic E-state index is -0.486. The summed E-state index contributed by atoms with van der Waals surface area (Å²) in [5.74, 6) is 0.367. The molecule has 172 valence electrons. The van der Waals surface area contributed by atoms with E-state index in [1.165, 1.54) is 0 Å². The molecule has 2 amide bonds. The van der Waals surface area contributed by atoms with Gasteiger partial charge in [-0.25, -0.2) is 4.79 Å². The lowest BCUT2D eigenvalue weighted by Gasteiger charge is -2.36. The van der Waals surface area contributed by atoms with E-state index in [-0.39, 0.29) is 12.0 Å². The Morgan fingerprint density at radius 2 is 1.53 bits per heavy atom. The van der Waals surface area contributed by atoms with Gasteiger partial charge >= 0.3 is 6.09 Å². The SMILES string of the molecule is CC(C)CN(C(=O)c1ccc(N2CCN(C(=O)OC(C)(C)C)CC2)cc1)c1ccccc1. The quantitative estimate of drug-likeness (QED) is 0.657. The zero-order valence-electron chi connectivity index (χ0n) is 19.9. The van der Waals surface area contributed by atoms with Gasteiger partial charge in [0, 0.05) is 49.7 Å². The van der Waals surface area contributed by atoms with E-state index in [0.717, 1.165) is 24.5 Å². The Kier molecular flexibility index (Phi) is 7.44. The van der Waals surface area contributed by atoms with Crippen LogP contribution in [0.4, 0.5) is 16.2 Å². The van der Waals surface area contributed by atoms with E-state index in [9.17, 15) is 9.59 Å². The van der Waals surface area contributed by atoms with Crippen molar-refractivity contribution in [3.05, 3.63) is 60.2 Å². The molecule has 0 atom stereocenters. The van der Waals surface area contributed by atoms with Crippen LogP contribution in [0.25, 0.3) is 0 Å². The molecule has 0 bridgehead atoms. The number of anilines is 2. The van der Waals surface area contributed by atoms with E-state index in [4.69, 9.17) is 4.74 Å². The van der Waals surface area contributed by atoms with Gasteiger partial charge in [-0.05, 0) is 63.1 Å². The van der Waals surface area contributed by atoms with E-state index >= 15 is 0 Å². The topological polar surface area (TPSA) is 53.1 Å². The number of amides is 2. The fourth-order valence-electron chi connectivity index (χ4n) is 3.72. The predicted octanol–water partition coefficient (Wildman–Crippen LogP) is 5.05. The maximum Gasteiger partial charge on any atom is 0.410 e. The molecule has 3 rings (SSSR count). The molecule has 6 nitrogen and oxygen atoms in total. The molecular weight excluding hydrogens is 402 g/mol. The molecule has 32 heavy (non-hydrogen) atoms. The average Bonchev–Trinajstić information content (AvgIpc) is 2.76. The minimum Gasteiger partial charge on any atom is -0.444 e. The van der Waals surface area contributed by atoms with Gasteiger partial charge < -0.3 is 19.4 Å². The Bertz CT molecular complexity index is 896. The second-order valence-electron chi connectivity index (χ2n) is 9.65. The van der Waals surface area contributed by atoms with Gasteiger partial charge in [0.2, 0.25) is 0 Å². The zero-order chi connectivity index (χ0) is 23.3. The van der Waals surface area contributed by atoms with Crippen molar-refractivity contribution in [1.82, 2.24) is 4.90 Å². The number of carbonyl (C=O) groups excluding carboxylic acids is 2.